The van der Waals surface area contributed by atoms with E-state index in [4.69, 9.17) is 0 Å². The summed E-state index contributed by atoms with van der Waals surface area (Å²) in [6.07, 6.45) is 0.698. The summed E-state index contributed by atoms with van der Waals surface area (Å²) in [6, 6.07) is 16.1. The molecule has 1 amide bonds. The number of hydrogen-bond acceptors (Lipinski definition) is 4. The lowest BCUT2D eigenvalue weighted by Gasteiger charge is -2.06. The van der Waals surface area contributed by atoms with Crippen LogP contribution in [0.3, 0.4) is 0 Å². The van der Waals surface area contributed by atoms with Crippen molar-refractivity contribution in [1.29, 1.82) is 0 Å². The van der Waals surface area contributed by atoms with Gasteiger partial charge in [-0.2, -0.15) is 0 Å². The molecular formula is C19H20N4OS. The number of nitrogens with one attached hydrogen (secondary N) is 2. The first-order valence-electron chi connectivity index (χ1n) is 8.04. The molecule has 0 fully saturated rings. The standard InChI is InChI=1S/C19H20N4OS/c1-13-8-14(2)10-16(9-13)20-18(24)12-25-19-21-17(22-23-19)11-15-6-4-3-5-7-15/h3-10H,11-12H2,1-2H3,(H,20,24)(H,21,22,23). The second-order valence-electron chi connectivity index (χ2n) is 5.94. The predicted octanol–water partition coefficient (Wildman–Crippen LogP) is 3.74. The summed E-state index contributed by atoms with van der Waals surface area (Å²) in [7, 11) is 0. The molecule has 6 heteroatoms. The fraction of sp³-hybridized carbons (Fsp3) is 0.211. The smallest absolute Gasteiger partial charge is 0.234 e. The normalized spacial score (nSPS) is 10.6. The van der Waals surface area contributed by atoms with Crippen molar-refractivity contribution < 1.29 is 4.79 Å². The van der Waals surface area contributed by atoms with Gasteiger partial charge in [0, 0.05) is 12.1 Å². The average Bonchev–Trinajstić information content (AvgIpc) is 3.00. The van der Waals surface area contributed by atoms with Crippen LogP contribution in [0.25, 0.3) is 0 Å². The van der Waals surface area contributed by atoms with E-state index in [0.29, 0.717) is 11.6 Å². The van der Waals surface area contributed by atoms with Gasteiger partial charge in [-0.05, 0) is 42.7 Å². The molecule has 1 heterocycles. The summed E-state index contributed by atoms with van der Waals surface area (Å²) >= 11 is 1.32. The van der Waals surface area contributed by atoms with Crippen molar-refractivity contribution >= 4 is 23.4 Å². The van der Waals surface area contributed by atoms with Crippen LogP contribution in [-0.2, 0) is 11.2 Å². The van der Waals surface area contributed by atoms with E-state index in [2.05, 4.69) is 26.6 Å². The van der Waals surface area contributed by atoms with Gasteiger partial charge in [0.15, 0.2) is 0 Å². The summed E-state index contributed by atoms with van der Waals surface area (Å²) in [6.45, 7) is 4.03. The maximum absolute atomic E-state index is 12.1. The third-order valence-electron chi connectivity index (χ3n) is 3.56. The minimum Gasteiger partial charge on any atom is -0.325 e. The Balaban J connectivity index is 1.52. The summed E-state index contributed by atoms with van der Waals surface area (Å²) in [4.78, 5) is 16.5. The maximum atomic E-state index is 12.1. The number of carbonyl (C=O) groups excluding carboxylic acids is 1. The van der Waals surface area contributed by atoms with Gasteiger partial charge in [-0.15, -0.1) is 5.10 Å². The summed E-state index contributed by atoms with van der Waals surface area (Å²) in [5, 5.41) is 10.6. The summed E-state index contributed by atoms with van der Waals surface area (Å²) in [5.41, 5.74) is 4.25. The minimum atomic E-state index is -0.0654. The Bertz CT molecular complexity index is 841. The van der Waals surface area contributed by atoms with E-state index in [-0.39, 0.29) is 11.7 Å². The van der Waals surface area contributed by atoms with E-state index < -0.39 is 0 Å². The van der Waals surface area contributed by atoms with Gasteiger partial charge < -0.3 is 5.32 Å². The molecule has 2 N–H and O–H groups in total. The van der Waals surface area contributed by atoms with Crippen molar-refractivity contribution in [3.63, 3.8) is 0 Å². The van der Waals surface area contributed by atoms with E-state index in [0.717, 1.165) is 22.6 Å². The Morgan fingerprint density at radius 3 is 2.56 bits per heavy atom. The number of anilines is 1. The molecule has 3 rings (SSSR count). The van der Waals surface area contributed by atoms with Gasteiger partial charge in [-0.25, -0.2) is 4.98 Å². The molecule has 5 nitrogen and oxygen atoms in total. The molecule has 0 unspecified atom stereocenters. The van der Waals surface area contributed by atoms with Gasteiger partial charge in [0.2, 0.25) is 11.1 Å². The van der Waals surface area contributed by atoms with Gasteiger partial charge in [0.05, 0.1) is 5.75 Å². The first-order chi connectivity index (χ1) is 12.1. The molecule has 0 aliphatic rings. The third kappa shape index (κ3) is 5.19. The highest BCUT2D eigenvalue weighted by Gasteiger charge is 2.09. The largest absolute Gasteiger partial charge is 0.325 e. The molecule has 128 valence electrons. The van der Waals surface area contributed by atoms with Gasteiger partial charge in [0.1, 0.15) is 5.82 Å². The lowest BCUT2D eigenvalue weighted by molar-refractivity contribution is -0.113. The van der Waals surface area contributed by atoms with Crippen LogP contribution in [0.15, 0.2) is 53.7 Å². The van der Waals surface area contributed by atoms with Gasteiger partial charge in [0.25, 0.3) is 0 Å². The van der Waals surface area contributed by atoms with Crippen molar-refractivity contribution in [2.24, 2.45) is 0 Å². The SMILES string of the molecule is Cc1cc(C)cc(NC(=O)CSc2n[nH]c(Cc3ccccc3)n2)c1. The number of rotatable bonds is 6. The Labute approximate surface area is 151 Å². The number of H-pyrrole nitrogens is 1. The van der Waals surface area contributed by atoms with Crippen LogP contribution >= 0.6 is 11.8 Å². The van der Waals surface area contributed by atoms with Crippen LogP contribution in [0.1, 0.15) is 22.5 Å². The highest BCUT2D eigenvalue weighted by Crippen LogP contribution is 2.17. The Kier molecular flexibility index (Phi) is 5.50. The summed E-state index contributed by atoms with van der Waals surface area (Å²) in [5.74, 6) is 1.00. The molecule has 0 aliphatic heterocycles. The Morgan fingerprint density at radius 2 is 1.84 bits per heavy atom. The highest BCUT2D eigenvalue weighted by atomic mass is 32.2. The highest BCUT2D eigenvalue weighted by molar-refractivity contribution is 7.99. The van der Waals surface area contributed by atoms with E-state index >= 15 is 0 Å². The Morgan fingerprint density at radius 1 is 1.12 bits per heavy atom. The predicted molar refractivity (Wildman–Crippen MR) is 101 cm³/mol. The van der Waals surface area contributed by atoms with Crippen LogP contribution in [0.4, 0.5) is 5.69 Å². The molecule has 0 aliphatic carbocycles. The zero-order chi connectivity index (χ0) is 17.6. The zero-order valence-corrected chi connectivity index (χ0v) is 15.1. The number of nitrogens with zero attached hydrogens (tertiary/aromatic N) is 2. The third-order valence-corrected chi connectivity index (χ3v) is 4.41. The fourth-order valence-electron chi connectivity index (χ4n) is 2.58. The second-order valence-corrected chi connectivity index (χ2v) is 6.88. The molecule has 2 aromatic carbocycles. The minimum absolute atomic E-state index is 0.0654. The maximum Gasteiger partial charge on any atom is 0.234 e. The first-order valence-corrected chi connectivity index (χ1v) is 9.03. The number of thioether (sulfide) groups is 1. The lowest BCUT2D eigenvalue weighted by Crippen LogP contribution is -2.14. The molecule has 0 bridgehead atoms. The van der Waals surface area contributed by atoms with Crippen molar-refractivity contribution in [2.75, 3.05) is 11.1 Å². The van der Waals surface area contributed by atoms with Crippen LogP contribution < -0.4 is 5.32 Å². The van der Waals surface area contributed by atoms with Crippen LogP contribution in [-0.4, -0.2) is 26.8 Å². The number of aryl methyl sites for hydroxylation is 2. The van der Waals surface area contributed by atoms with E-state index in [1.807, 2.05) is 56.3 Å². The van der Waals surface area contributed by atoms with Crippen LogP contribution in [0, 0.1) is 13.8 Å². The molecule has 0 spiro atoms. The Hall–Kier alpha value is -2.60. The number of aromatic nitrogens is 3. The molecule has 0 atom stereocenters. The van der Waals surface area contributed by atoms with Crippen molar-refractivity contribution in [3.05, 3.63) is 71.0 Å². The molecule has 0 radical (unpaired) electrons. The van der Waals surface area contributed by atoms with Crippen molar-refractivity contribution in [3.8, 4) is 0 Å². The van der Waals surface area contributed by atoms with E-state index in [9.17, 15) is 4.79 Å². The topological polar surface area (TPSA) is 70.7 Å². The van der Waals surface area contributed by atoms with Gasteiger partial charge in [-0.3, -0.25) is 9.89 Å². The fourth-order valence-corrected chi connectivity index (χ4v) is 3.20. The summed E-state index contributed by atoms with van der Waals surface area (Å²) < 4.78 is 0. The molecule has 25 heavy (non-hydrogen) atoms. The van der Waals surface area contributed by atoms with E-state index in [1.165, 1.54) is 17.3 Å². The average molecular weight is 352 g/mol. The molecule has 3 aromatic rings. The lowest BCUT2D eigenvalue weighted by atomic mass is 10.1. The number of hydrogen-bond donors (Lipinski definition) is 2. The van der Waals surface area contributed by atoms with Crippen molar-refractivity contribution in [2.45, 2.75) is 25.4 Å². The number of carbonyl (C=O) groups is 1. The monoisotopic (exact) mass is 352 g/mol. The number of amides is 1. The molecule has 0 saturated heterocycles. The second kappa shape index (κ2) is 7.98. The van der Waals surface area contributed by atoms with Crippen LogP contribution in [0.5, 0.6) is 0 Å². The van der Waals surface area contributed by atoms with E-state index in [1.54, 1.807) is 0 Å². The number of benzene rings is 2. The van der Waals surface area contributed by atoms with Crippen molar-refractivity contribution in [1.82, 2.24) is 15.2 Å². The molecule has 1 aromatic heterocycles. The quantitative estimate of drug-likeness (QED) is 0.663. The van der Waals surface area contributed by atoms with Gasteiger partial charge in [-0.1, -0.05) is 48.2 Å². The molecular weight excluding hydrogens is 332 g/mol. The zero-order valence-electron chi connectivity index (χ0n) is 14.2. The molecule has 0 saturated carbocycles. The van der Waals surface area contributed by atoms with Crippen LogP contribution in [0.2, 0.25) is 0 Å². The van der Waals surface area contributed by atoms with Gasteiger partial charge >= 0.3 is 0 Å². The first kappa shape index (κ1) is 17.2. The number of aromatic amines is 1.